The number of nitrogens with zero attached hydrogens (tertiary/aromatic N) is 2. The van der Waals surface area contributed by atoms with Crippen LogP contribution in [0, 0.1) is 34.3 Å². The van der Waals surface area contributed by atoms with Crippen LogP contribution in [0.4, 0.5) is 35.1 Å². The Balaban J connectivity index is 4.07. The Morgan fingerprint density at radius 2 is 0.950 bits per heavy atom. The lowest BCUT2D eigenvalue weighted by molar-refractivity contribution is -0.148. The summed E-state index contributed by atoms with van der Waals surface area (Å²) >= 11 is 0. The van der Waals surface area contributed by atoms with Gasteiger partial charge in [0.15, 0.2) is 11.6 Å². The maximum atomic E-state index is 13.4. The number of hydrogen-bond donors (Lipinski definition) is 0. The Morgan fingerprint density at radius 1 is 0.650 bits per heavy atom. The Bertz CT molecular complexity index is 589. The Kier molecular flexibility index (Phi) is 3.64. The van der Waals surface area contributed by atoms with E-state index in [-0.39, 0.29) is 0 Å². The molecule has 1 rings (SSSR count). The first kappa shape index (κ1) is 15.7. The quantitative estimate of drug-likeness (QED) is 0.685. The summed E-state index contributed by atoms with van der Waals surface area (Å²) in [6.07, 6.45) is -11.5. The third-order valence-corrected chi connectivity index (χ3v) is 2.17. The maximum Gasteiger partial charge on any atom is 0.420 e. The molecule has 0 saturated carbocycles. The van der Waals surface area contributed by atoms with Crippen LogP contribution in [0.1, 0.15) is 22.3 Å². The topological polar surface area (TPSA) is 47.6 Å². The number of benzene rings is 1. The highest BCUT2D eigenvalue weighted by Crippen LogP contribution is 2.43. The first-order valence-electron chi connectivity index (χ1n) is 4.46. The number of alkyl halides is 6. The molecule has 0 aliphatic heterocycles. The molecular formula is C10F8N2. The standard InChI is InChI=1S/C10F8N2/c11-7-3(1-19)5(9(13,14)15)8(12)6(4(7)2-20)10(16,17)18. The second kappa shape index (κ2) is 4.63. The van der Waals surface area contributed by atoms with Gasteiger partial charge in [-0.3, -0.25) is 0 Å². The molecule has 0 unspecified atom stereocenters. The molecule has 0 saturated heterocycles. The fourth-order valence-electron chi connectivity index (χ4n) is 1.43. The number of rotatable bonds is 0. The molecular weight excluding hydrogens is 300 g/mol. The van der Waals surface area contributed by atoms with Crippen LogP contribution in [-0.4, -0.2) is 0 Å². The van der Waals surface area contributed by atoms with Crippen molar-refractivity contribution in [1.29, 1.82) is 10.5 Å². The molecule has 0 aromatic heterocycles. The normalized spacial score (nSPS) is 11.9. The summed E-state index contributed by atoms with van der Waals surface area (Å²) in [5.41, 5.74) is -9.38. The number of nitriles is 2. The fourth-order valence-corrected chi connectivity index (χ4v) is 1.43. The fraction of sp³-hybridized carbons (Fsp3) is 0.200. The van der Waals surface area contributed by atoms with Crippen molar-refractivity contribution in [2.75, 3.05) is 0 Å². The molecule has 0 fully saturated rings. The Hall–Kier alpha value is -2.36. The molecule has 2 nitrogen and oxygen atoms in total. The van der Waals surface area contributed by atoms with Crippen LogP contribution in [0.15, 0.2) is 0 Å². The average molecular weight is 300 g/mol. The zero-order chi connectivity index (χ0) is 15.9. The summed E-state index contributed by atoms with van der Waals surface area (Å²) in [6, 6.07) is 1.22. The highest BCUT2D eigenvalue weighted by molar-refractivity contribution is 5.54. The number of halogens is 8. The van der Waals surface area contributed by atoms with Crippen LogP contribution in [0.25, 0.3) is 0 Å². The van der Waals surface area contributed by atoms with E-state index in [1.807, 2.05) is 0 Å². The van der Waals surface area contributed by atoms with Crippen LogP contribution in [0.3, 0.4) is 0 Å². The van der Waals surface area contributed by atoms with Gasteiger partial charge in [-0.2, -0.15) is 36.9 Å². The molecule has 0 spiro atoms. The van der Waals surface area contributed by atoms with Crippen LogP contribution in [0.5, 0.6) is 0 Å². The van der Waals surface area contributed by atoms with Gasteiger partial charge < -0.3 is 0 Å². The van der Waals surface area contributed by atoms with E-state index in [0.29, 0.717) is 12.1 Å². The summed E-state index contributed by atoms with van der Waals surface area (Å²) in [5.74, 6) is -5.27. The molecule has 1 aromatic rings. The van der Waals surface area contributed by atoms with Gasteiger partial charge in [-0.25, -0.2) is 8.78 Å². The minimum atomic E-state index is -5.73. The summed E-state index contributed by atoms with van der Waals surface area (Å²) < 4.78 is 102. The highest BCUT2D eigenvalue weighted by atomic mass is 19.4. The minimum absolute atomic E-state index is 0.611. The second-order valence-electron chi connectivity index (χ2n) is 3.35. The largest absolute Gasteiger partial charge is 0.420 e. The molecule has 20 heavy (non-hydrogen) atoms. The minimum Gasteiger partial charge on any atom is -0.206 e. The predicted molar refractivity (Wildman–Crippen MR) is 45.8 cm³/mol. The van der Waals surface area contributed by atoms with Gasteiger partial charge >= 0.3 is 12.4 Å². The molecule has 0 atom stereocenters. The van der Waals surface area contributed by atoms with Crippen LogP contribution in [0.2, 0.25) is 0 Å². The zero-order valence-corrected chi connectivity index (χ0v) is 8.92. The van der Waals surface area contributed by atoms with Crippen molar-refractivity contribution in [3.63, 3.8) is 0 Å². The predicted octanol–water partition coefficient (Wildman–Crippen LogP) is 3.75. The van der Waals surface area contributed by atoms with E-state index in [1.54, 1.807) is 0 Å². The Labute approximate surface area is 105 Å². The van der Waals surface area contributed by atoms with Gasteiger partial charge in [0.2, 0.25) is 0 Å². The molecule has 1 aromatic carbocycles. The first-order valence-corrected chi connectivity index (χ1v) is 4.46. The molecule has 0 radical (unpaired) electrons. The Morgan fingerprint density at radius 3 is 1.15 bits per heavy atom. The van der Waals surface area contributed by atoms with Crippen molar-refractivity contribution < 1.29 is 35.1 Å². The summed E-state index contributed by atoms with van der Waals surface area (Å²) in [5, 5.41) is 16.7. The van der Waals surface area contributed by atoms with Crippen molar-refractivity contribution in [3.05, 3.63) is 33.9 Å². The van der Waals surface area contributed by atoms with Gasteiger partial charge in [-0.15, -0.1) is 0 Å². The SMILES string of the molecule is N#Cc1c(F)c(C#N)c(C(F)(F)F)c(F)c1C(F)(F)F. The van der Waals surface area contributed by atoms with Crippen molar-refractivity contribution in [2.24, 2.45) is 0 Å². The lowest BCUT2D eigenvalue weighted by atomic mass is 9.96. The third-order valence-electron chi connectivity index (χ3n) is 2.17. The van der Waals surface area contributed by atoms with Crippen molar-refractivity contribution in [1.82, 2.24) is 0 Å². The molecule has 0 amide bonds. The van der Waals surface area contributed by atoms with E-state index in [0.717, 1.165) is 0 Å². The van der Waals surface area contributed by atoms with Crippen molar-refractivity contribution >= 4 is 0 Å². The van der Waals surface area contributed by atoms with Gasteiger partial charge in [0.1, 0.15) is 34.4 Å². The lowest BCUT2D eigenvalue weighted by Crippen LogP contribution is -2.21. The molecule has 10 heteroatoms. The van der Waals surface area contributed by atoms with Gasteiger partial charge in [0, 0.05) is 0 Å². The lowest BCUT2D eigenvalue weighted by Gasteiger charge is -2.17. The van der Waals surface area contributed by atoms with Crippen molar-refractivity contribution in [2.45, 2.75) is 12.4 Å². The molecule has 0 aliphatic carbocycles. The van der Waals surface area contributed by atoms with Crippen LogP contribution < -0.4 is 0 Å². The molecule has 106 valence electrons. The molecule has 0 N–H and O–H groups in total. The summed E-state index contributed by atoms with van der Waals surface area (Å²) in [4.78, 5) is 0. The van der Waals surface area contributed by atoms with Gasteiger partial charge in [0.25, 0.3) is 0 Å². The average Bonchev–Trinajstić information content (AvgIpc) is 2.27. The maximum absolute atomic E-state index is 13.4. The van der Waals surface area contributed by atoms with Crippen LogP contribution in [-0.2, 0) is 12.4 Å². The first-order chi connectivity index (χ1) is 8.96. The van der Waals surface area contributed by atoms with E-state index in [2.05, 4.69) is 0 Å². The molecule has 0 heterocycles. The summed E-state index contributed by atoms with van der Waals surface area (Å²) in [6.45, 7) is 0. The van der Waals surface area contributed by atoms with E-state index in [9.17, 15) is 35.1 Å². The van der Waals surface area contributed by atoms with Crippen molar-refractivity contribution in [3.8, 4) is 12.1 Å². The van der Waals surface area contributed by atoms with E-state index >= 15 is 0 Å². The van der Waals surface area contributed by atoms with Crippen LogP contribution >= 0.6 is 0 Å². The van der Waals surface area contributed by atoms with E-state index in [1.165, 1.54) is 0 Å². The van der Waals surface area contributed by atoms with Gasteiger partial charge in [0.05, 0.1) is 0 Å². The van der Waals surface area contributed by atoms with Gasteiger partial charge in [-0.05, 0) is 0 Å². The van der Waals surface area contributed by atoms with E-state index < -0.39 is 46.2 Å². The van der Waals surface area contributed by atoms with Gasteiger partial charge in [-0.1, -0.05) is 0 Å². The second-order valence-corrected chi connectivity index (χ2v) is 3.35. The smallest absolute Gasteiger partial charge is 0.206 e. The third kappa shape index (κ3) is 2.37. The van der Waals surface area contributed by atoms with E-state index in [4.69, 9.17) is 10.5 Å². The highest BCUT2D eigenvalue weighted by Gasteiger charge is 2.47. The zero-order valence-electron chi connectivity index (χ0n) is 8.92. The number of hydrogen-bond acceptors (Lipinski definition) is 2. The monoisotopic (exact) mass is 300 g/mol. The summed E-state index contributed by atoms with van der Waals surface area (Å²) in [7, 11) is 0. The molecule has 0 bridgehead atoms. The molecule has 0 aliphatic rings.